The number of amides is 2. The maximum absolute atomic E-state index is 14.3. The van der Waals surface area contributed by atoms with Crippen molar-refractivity contribution in [2.75, 3.05) is 17.4 Å². The van der Waals surface area contributed by atoms with E-state index in [-0.39, 0.29) is 30.1 Å². The minimum Gasteiger partial charge on any atom is -0.355 e. The van der Waals surface area contributed by atoms with Gasteiger partial charge in [0.05, 0.1) is 16.1 Å². The van der Waals surface area contributed by atoms with Gasteiger partial charge in [0.25, 0.3) is 10.0 Å². The molecule has 0 heterocycles. The third kappa shape index (κ3) is 8.51. The molecule has 11 heteroatoms. The van der Waals surface area contributed by atoms with Gasteiger partial charge in [-0.15, -0.1) is 0 Å². The standard InChI is InChI=1S/C34H34F3N3O4S/c1-3-38-33(42)31(21-26-11-6-4-7-12-26)39(23-27-19-17-25(2)18-20-27)32(41)24-40(45(43,44)30-15-8-5-9-16-30)29-14-10-13-28(22-29)34(35,36)37/h4-20,22,31H,3,21,23-24H2,1-2H3,(H,38,42)/t31-/m1/s1. The molecule has 0 aliphatic rings. The topological polar surface area (TPSA) is 86.8 Å². The zero-order valence-electron chi connectivity index (χ0n) is 24.9. The van der Waals surface area contributed by atoms with Gasteiger partial charge in [0, 0.05) is 19.5 Å². The highest BCUT2D eigenvalue weighted by Crippen LogP contribution is 2.33. The van der Waals surface area contributed by atoms with Crippen LogP contribution in [0.2, 0.25) is 0 Å². The number of carbonyl (C=O) groups is 2. The number of anilines is 1. The second kappa shape index (κ2) is 14.4. The van der Waals surface area contributed by atoms with Crippen molar-refractivity contribution in [2.24, 2.45) is 0 Å². The van der Waals surface area contributed by atoms with Crippen LogP contribution >= 0.6 is 0 Å². The lowest BCUT2D eigenvalue weighted by atomic mass is 10.0. The number of aryl methyl sites for hydroxylation is 1. The van der Waals surface area contributed by atoms with Crippen molar-refractivity contribution in [2.45, 2.75) is 43.9 Å². The van der Waals surface area contributed by atoms with Gasteiger partial charge in [0.2, 0.25) is 11.8 Å². The second-order valence-electron chi connectivity index (χ2n) is 10.5. The Bertz CT molecular complexity index is 1700. The molecule has 0 bridgehead atoms. The number of benzene rings is 4. The lowest BCUT2D eigenvalue weighted by molar-refractivity contribution is -0.140. The summed E-state index contributed by atoms with van der Waals surface area (Å²) in [6.07, 6.45) is -4.63. The van der Waals surface area contributed by atoms with Crippen molar-refractivity contribution in [3.63, 3.8) is 0 Å². The van der Waals surface area contributed by atoms with Crippen molar-refractivity contribution in [1.29, 1.82) is 0 Å². The van der Waals surface area contributed by atoms with Crippen molar-refractivity contribution in [1.82, 2.24) is 10.2 Å². The number of nitrogens with one attached hydrogen (secondary N) is 1. The van der Waals surface area contributed by atoms with Gasteiger partial charge in [-0.05, 0) is 55.3 Å². The normalized spacial score (nSPS) is 12.3. The summed E-state index contributed by atoms with van der Waals surface area (Å²) in [5.41, 5.74) is 1.03. The number of nitrogens with zero attached hydrogens (tertiary/aromatic N) is 2. The van der Waals surface area contributed by atoms with Crippen molar-refractivity contribution < 1.29 is 31.2 Å². The highest BCUT2D eigenvalue weighted by atomic mass is 32.2. The van der Waals surface area contributed by atoms with Gasteiger partial charge in [0.15, 0.2) is 0 Å². The number of alkyl halides is 3. The Hall–Kier alpha value is -4.64. The number of sulfonamides is 1. The Morgan fingerprint density at radius 1 is 0.822 bits per heavy atom. The molecule has 4 aromatic carbocycles. The van der Waals surface area contributed by atoms with Crippen LogP contribution < -0.4 is 9.62 Å². The largest absolute Gasteiger partial charge is 0.416 e. The SMILES string of the molecule is CCNC(=O)[C@@H](Cc1ccccc1)N(Cc1ccc(C)cc1)C(=O)CN(c1cccc(C(F)(F)F)c1)S(=O)(=O)c1ccccc1. The zero-order chi connectivity index (χ0) is 32.6. The van der Waals surface area contributed by atoms with E-state index >= 15 is 0 Å². The average molecular weight is 638 g/mol. The van der Waals surface area contributed by atoms with Crippen molar-refractivity contribution in [3.8, 4) is 0 Å². The fourth-order valence-electron chi connectivity index (χ4n) is 4.82. The molecule has 1 N–H and O–H groups in total. The van der Waals surface area contributed by atoms with Gasteiger partial charge < -0.3 is 10.2 Å². The zero-order valence-corrected chi connectivity index (χ0v) is 25.7. The number of halogens is 3. The molecule has 4 aromatic rings. The molecule has 7 nitrogen and oxygen atoms in total. The molecule has 45 heavy (non-hydrogen) atoms. The number of rotatable bonds is 12. The highest BCUT2D eigenvalue weighted by Gasteiger charge is 2.36. The molecular weight excluding hydrogens is 603 g/mol. The quantitative estimate of drug-likeness (QED) is 0.207. The molecule has 0 radical (unpaired) electrons. The Morgan fingerprint density at radius 2 is 1.44 bits per heavy atom. The second-order valence-corrected chi connectivity index (χ2v) is 12.3. The number of likely N-dealkylation sites (N-methyl/N-ethyl adjacent to an activating group) is 1. The Morgan fingerprint density at radius 3 is 2.04 bits per heavy atom. The summed E-state index contributed by atoms with van der Waals surface area (Å²) >= 11 is 0. The first-order chi connectivity index (χ1) is 21.4. The van der Waals surface area contributed by atoms with Crippen LogP contribution in [-0.4, -0.2) is 44.3 Å². The fraction of sp³-hybridized carbons (Fsp3) is 0.235. The van der Waals surface area contributed by atoms with E-state index in [0.29, 0.717) is 15.9 Å². The molecule has 0 unspecified atom stereocenters. The molecule has 0 saturated carbocycles. The van der Waals surface area contributed by atoms with E-state index in [1.165, 1.54) is 35.2 Å². The lowest BCUT2D eigenvalue weighted by Crippen LogP contribution is -2.53. The van der Waals surface area contributed by atoms with Gasteiger partial charge in [0.1, 0.15) is 12.6 Å². The van der Waals surface area contributed by atoms with Gasteiger partial charge in [-0.2, -0.15) is 13.2 Å². The molecule has 236 valence electrons. The fourth-order valence-corrected chi connectivity index (χ4v) is 6.25. The van der Waals surface area contributed by atoms with Crippen molar-refractivity contribution in [3.05, 3.63) is 131 Å². The van der Waals surface area contributed by atoms with E-state index in [9.17, 15) is 31.2 Å². The molecule has 0 aliphatic heterocycles. The molecule has 0 aromatic heterocycles. The predicted octanol–water partition coefficient (Wildman–Crippen LogP) is 5.99. The van der Waals surface area contributed by atoms with E-state index in [2.05, 4.69) is 5.32 Å². The van der Waals surface area contributed by atoms with E-state index in [0.717, 1.165) is 23.3 Å². The summed E-state index contributed by atoms with van der Waals surface area (Å²) in [6, 6.07) is 26.3. The smallest absolute Gasteiger partial charge is 0.355 e. The van der Waals surface area contributed by atoms with E-state index in [4.69, 9.17) is 0 Å². The maximum Gasteiger partial charge on any atom is 0.416 e. The van der Waals surface area contributed by atoms with E-state index < -0.39 is 46.2 Å². The maximum atomic E-state index is 14.3. The number of carbonyl (C=O) groups excluding carboxylic acids is 2. The Balaban J connectivity index is 1.82. The van der Waals surface area contributed by atoms with Gasteiger partial charge in [-0.1, -0.05) is 84.4 Å². The van der Waals surface area contributed by atoms with Gasteiger partial charge >= 0.3 is 6.18 Å². The number of hydrogen-bond acceptors (Lipinski definition) is 4. The third-order valence-electron chi connectivity index (χ3n) is 7.17. The lowest BCUT2D eigenvalue weighted by Gasteiger charge is -2.34. The Labute approximate surface area is 261 Å². The van der Waals surface area contributed by atoms with Crippen LogP contribution in [0.1, 0.15) is 29.2 Å². The first kappa shape index (κ1) is 33.3. The molecule has 1 atom stereocenters. The van der Waals surface area contributed by atoms with Crippen molar-refractivity contribution >= 4 is 27.5 Å². The van der Waals surface area contributed by atoms with Crippen LogP contribution in [0.5, 0.6) is 0 Å². The third-order valence-corrected chi connectivity index (χ3v) is 8.96. The van der Waals surface area contributed by atoms with Crippen LogP contribution in [0.3, 0.4) is 0 Å². The highest BCUT2D eigenvalue weighted by molar-refractivity contribution is 7.92. The predicted molar refractivity (Wildman–Crippen MR) is 167 cm³/mol. The molecule has 4 rings (SSSR count). The van der Waals surface area contributed by atoms with Gasteiger partial charge in [-0.25, -0.2) is 8.42 Å². The van der Waals surface area contributed by atoms with Crippen LogP contribution in [0.4, 0.5) is 18.9 Å². The summed E-state index contributed by atoms with van der Waals surface area (Å²) in [4.78, 5) is 28.9. The minimum atomic E-state index is -4.75. The summed E-state index contributed by atoms with van der Waals surface area (Å²) in [5, 5.41) is 2.77. The van der Waals surface area contributed by atoms with Crippen LogP contribution in [0.25, 0.3) is 0 Å². The molecule has 0 fully saturated rings. The van der Waals surface area contributed by atoms with E-state index in [1.54, 1.807) is 37.3 Å². The Kier molecular flexibility index (Phi) is 10.7. The molecule has 0 spiro atoms. The molecule has 2 amide bonds. The summed E-state index contributed by atoms with van der Waals surface area (Å²) in [7, 11) is -4.52. The van der Waals surface area contributed by atoms with E-state index in [1.807, 2.05) is 37.3 Å². The molecular formula is C34H34F3N3O4S. The summed E-state index contributed by atoms with van der Waals surface area (Å²) < 4.78 is 69.6. The summed E-state index contributed by atoms with van der Waals surface area (Å²) in [5.74, 6) is -1.21. The van der Waals surface area contributed by atoms with Gasteiger partial charge in [-0.3, -0.25) is 13.9 Å². The monoisotopic (exact) mass is 637 g/mol. The first-order valence-electron chi connectivity index (χ1n) is 14.3. The molecule has 0 saturated heterocycles. The van der Waals surface area contributed by atoms with Crippen LogP contribution in [0, 0.1) is 6.92 Å². The average Bonchev–Trinajstić information content (AvgIpc) is 3.03. The van der Waals surface area contributed by atoms with Crippen LogP contribution in [-0.2, 0) is 38.8 Å². The first-order valence-corrected chi connectivity index (χ1v) is 15.8. The minimum absolute atomic E-state index is 0.0461. The number of hydrogen-bond donors (Lipinski definition) is 1. The molecule has 0 aliphatic carbocycles. The summed E-state index contributed by atoms with van der Waals surface area (Å²) in [6.45, 7) is 3.03. The van der Waals surface area contributed by atoms with Crippen LogP contribution in [0.15, 0.2) is 114 Å².